The van der Waals surface area contributed by atoms with E-state index in [1.807, 2.05) is 37.3 Å². The molecule has 4 amide bonds. The first-order valence-electron chi connectivity index (χ1n) is 11.7. The summed E-state index contributed by atoms with van der Waals surface area (Å²) in [7, 11) is 0. The van der Waals surface area contributed by atoms with Crippen LogP contribution < -0.4 is 24.4 Å². The first-order chi connectivity index (χ1) is 18.0. The van der Waals surface area contributed by atoms with Gasteiger partial charge in [0.25, 0.3) is 11.8 Å². The highest BCUT2D eigenvalue weighted by atomic mass is 79.9. The largest absolute Gasteiger partial charge is 0.493 e. The highest BCUT2D eigenvalue weighted by molar-refractivity contribution is 9.10. The molecule has 3 aromatic rings. The van der Waals surface area contributed by atoms with Gasteiger partial charge < -0.3 is 14.2 Å². The van der Waals surface area contributed by atoms with Crippen LogP contribution in [0.5, 0.6) is 17.2 Å². The topological polar surface area (TPSA) is 94.2 Å². The molecule has 1 aliphatic heterocycles. The lowest BCUT2D eigenvalue weighted by molar-refractivity contribution is -0.122. The number of hydrogen-bond donors (Lipinski definition) is 1. The van der Waals surface area contributed by atoms with Crippen molar-refractivity contribution in [2.45, 2.75) is 13.3 Å². The molecule has 3 aromatic carbocycles. The summed E-state index contributed by atoms with van der Waals surface area (Å²) in [5.41, 5.74) is 0.725. The highest BCUT2D eigenvalue weighted by Crippen LogP contribution is 2.30. The lowest BCUT2D eigenvalue weighted by Gasteiger charge is -2.26. The van der Waals surface area contributed by atoms with Crippen LogP contribution in [-0.2, 0) is 9.59 Å². The average molecular weight is 565 g/mol. The van der Waals surface area contributed by atoms with Crippen LogP contribution in [0.1, 0.15) is 18.9 Å². The predicted octanol–water partition coefficient (Wildman–Crippen LogP) is 5.36. The summed E-state index contributed by atoms with van der Waals surface area (Å²) in [6.45, 7) is 3.17. The van der Waals surface area contributed by atoms with Gasteiger partial charge in [0.2, 0.25) is 0 Å². The van der Waals surface area contributed by atoms with E-state index in [9.17, 15) is 14.4 Å². The van der Waals surface area contributed by atoms with E-state index < -0.39 is 17.8 Å². The van der Waals surface area contributed by atoms with Crippen molar-refractivity contribution in [1.29, 1.82) is 0 Å². The van der Waals surface area contributed by atoms with Gasteiger partial charge in [-0.15, -0.1) is 0 Å². The molecule has 0 bridgehead atoms. The Morgan fingerprint density at radius 2 is 1.59 bits per heavy atom. The number of carbonyl (C=O) groups is 3. The minimum atomic E-state index is -0.801. The number of para-hydroxylation sites is 1. The predicted molar refractivity (Wildman–Crippen MR) is 143 cm³/mol. The minimum Gasteiger partial charge on any atom is -0.493 e. The Morgan fingerprint density at radius 3 is 2.32 bits per heavy atom. The summed E-state index contributed by atoms with van der Waals surface area (Å²) in [6, 6.07) is 20.5. The fraction of sp³-hybridized carbons (Fsp3) is 0.179. The molecule has 1 heterocycles. The zero-order chi connectivity index (χ0) is 26.2. The molecule has 0 unspecified atom stereocenters. The van der Waals surface area contributed by atoms with E-state index in [-0.39, 0.29) is 5.57 Å². The van der Waals surface area contributed by atoms with Crippen molar-refractivity contribution in [3.05, 3.63) is 88.4 Å². The number of nitrogens with one attached hydrogen (secondary N) is 1. The van der Waals surface area contributed by atoms with Gasteiger partial charge in [0.05, 0.1) is 25.5 Å². The molecule has 190 valence electrons. The van der Waals surface area contributed by atoms with E-state index in [4.69, 9.17) is 14.2 Å². The maximum Gasteiger partial charge on any atom is 0.335 e. The van der Waals surface area contributed by atoms with Gasteiger partial charge in [-0.05, 0) is 67.1 Å². The first-order valence-corrected chi connectivity index (χ1v) is 12.5. The Labute approximate surface area is 223 Å². The Kier molecular flexibility index (Phi) is 8.58. The number of amides is 4. The second-order valence-electron chi connectivity index (χ2n) is 7.94. The molecule has 1 fully saturated rings. The van der Waals surface area contributed by atoms with E-state index in [1.54, 1.807) is 42.5 Å². The maximum absolute atomic E-state index is 13.1. The second-order valence-corrected chi connectivity index (χ2v) is 8.85. The van der Waals surface area contributed by atoms with Gasteiger partial charge in [0, 0.05) is 10.9 Å². The van der Waals surface area contributed by atoms with Crippen molar-refractivity contribution in [3.8, 4) is 17.2 Å². The molecule has 0 aliphatic carbocycles. The molecule has 0 aromatic heterocycles. The third kappa shape index (κ3) is 6.56. The molecular weight excluding hydrogens is 540 g/mol. The average Bonchev–Trinajstić information content (AvgIpc) is 2.89. The summed E-state index contributed by atoms with van der Waals surface area (Å²) >= 11 is 3.33. The molecule has 9 heteroatoms. The van der Waals surface area contributed by atoms with Crippen molar-refractivity contribution in [2.75, 3.05) is 24.7 Å². The van der Waals surface area contributed by atoms with E-state index in [1.165, 1.54) is 6.08 Å². The van der Waals surface area contributed by atoms with Crippen LogP contribution in [0, 0.1) is 0 Å². The molecular formula is C28H25BrN2O6. The molecule has 0 spiro atoms. The van der Waals surface area contributed by atoms with Gasteiger partial charge in [-0.2, -0.15) is 0 Å². The van der Waals surface area contributed by atoms with E-state index >= 15 is 0 Å². The summed E-state index contributed by atoms with van der Waals surface area (Å²) < 4.78 is 18.1. The molecule has 37 heavy (non-hydrogen) atoms. The molecule has 0 saturated carbocycles. The first kappa shape index (κ1) is 26.0. The lowest BCUT2D eigenvalue weighted by Crippen LogP contribution is -2.54. The fourth-order valence-electron chi connectivity index (χ4n) is 3.60. The Hall–Kier alpha value is -4.11. The zero-order valence-corrected chi connectivity index (χ0v) is 21.7. The van der Waals surface area contributed by atoms with Gasteiger partial charge in [-0.25, -0.2) is 9.69 Å². The van der Waals surface area contributed by atoms with Crippen molar-refractivity contribution in [3.63, 3.8) is 0 Å². The Bertz CT molecular complexity index is 1310. The van der Waals surface area contributed by atoms with Gasteiger partial charge in [-0.3, -0.25) is 14.9 Å². The number of barbiturate groups is 1. The van der Waals surface area contributed by atoms with Gasteiger partial charge in [0.1, 0.15) is 11.3 Å². The number of urea groups is 1. The number of anilines is 1. The van der Waals surface area contributed by atoms with Crippen LogP contribution in [0.3, 0.4) is 0 Å². The van der Waals surface area contributed by atoms with Crippen molar-refractivity contribution in [1.82, 2.24) is 5.32 Å². The Morgan fingerprint density at radius 1 is 0.865 bits per heavy atom. The molecule has 1 saturated heterocycles. The third-order valence-corrected chi connectivity index (χ3v) is 5.85. The van der Waals surface area contributed by atoms with Crippen LogP contribution in [-0.4, -0.2) is 37.7 Å². The summed E-state index contributed by atoms with van der Waals surface area (Å²) in [5, 5.41) is 2.23. The third-order valence-electron chi connectivity index (χ3n) is 5.32. The van der Waals surface area contributed by atoms with E-state index in [0.29, 0.717) is 49.0 Å². The van der Waals surface area contributed by atoms with Gasteiger partial charge in [-0.1, -0.05) is 40.2 Å². The molecule has 1 N–H and O–H groups in total. The van der Waals surface area contributed by atoms with Crippen LogP contribution in [0.4, 0.5) is 10.5 Å². The van der Waals surface area contributed by atoms with Crippen LogP contribution in [0.2, 0.25) is 0 Å². The number of halogens is 1. The molecule has 0 atom stereocenters. The molecule has 8 nitrogen and oxygen atoms in total. The number of nitrogens with zero attached hydrogens (tertiary/aromatic N) is 1. The number of rotatable bonds is 10. The fourth-order valence-corrected chi connectivity index (χ4v) is 3.86. The second kappa shape index (κ2) is 12.2. The van der Waals surface area contributed by atoms with E-state index in [2.05, 4.69) is 21.2 Å². The highest BCUT2D eigenvalue weighted by Gasteiger charge is 2.36. The molecule has 4 rings (SSSR count). The molecule has 1 aliphatic rings. The summed E-state index contributed by atoms with van der Waals surface area (Å²) in [5.74, 6) is 0.338. The standard InChI is InChI=1S/C28H25BrN2O6/c1-2-35-25-18-19(9-14-24(25)37-16-6-15-36-22-7-4-3-5-8-22)17-23-26(32)30-28(34)31(27(23)33)21-12-10-20(29)11-13-21/h3-5,7-14,17-18H,2,6,15-16H2,1H3,(H,30,32,34). The number of ether oxygens (including phenoxy) is 3. The summed E-state index contributed by atoms with van der Waals surface area (Å²) in [4.78, 5) is 39.0. The minimum absolute atomic E-state index is 0.170. The van der Waals surface area contributed by atoms with Crippen LogP contribution in [0.15, 0.2) is 82.8 Å². The van der Waals surface area contributed by atoms with Crippen molar-refractivity contribution >= 4 is 45.5 Å². The SMILES string of the molecule is CCOc1cc(C=C2C(=O)NC(=O)N(c3ccc(Br)cc3)C2=O)ccc1OCCCOc1ccccc1. The summed E-state index contributed by atoms with van der Waals surface area (Å²) in [6.07, 6.45) is 2.09. The number of benzene rings is 3. The maximum atomic E-state index is 13.1. The lowest BCUT2D eigenvalue weighted by atomic mass is 10.1. The number of carbonyl (C=O) groups excluding carboxylic acids is 3. The van der Waals surface area contributed by atoms with Crippen LogP contribution in [0.25, 0.3) is 6.08 Å². The van der Waals surface area contributed by atoms with Crippen molar-refractivity contribution in [2.24, 2.45) is 0 Å². The van der Waals surface area contributed by atoms with Gasteiger partial charge >= 0.3 is 6.03 Å². The Balaban J connectivity index is 1.47. The van der Waals surface area contributed by atoms with Gasteiger partial charge in [0.15, 0.2) is 11.5 Å². The smallest absolute Gasteiger partial charge is 0.335 e. The number of hydrogen-bond acceptors (Lipinski definition) is 6. The monoisotopic (exact) mass is 564 g/mol. The molecule has 0 radical (unpaired) electrons. The quantitative estimate of drug-likeness (QED) is 0.202. The number of imide groups is 2. The normalized spacial score (nSPS) is 14.5. The van der Waals surface area contributed by atoms with E-state index in [0.717, 1.165) is 15.1 Å². The van der Waals surface area contributed by atoms with Crippen LogP contribution >= 0.6 is 15.9 Å². The van der Waals surface area contributed by atoms with Crippen molar-refractivity contribution < 1.29 is 28.6 Å². The zero-order valence-electron chi connectivity index (χ0n) is 20.1.